The quantitative estimate of drug-likeness (QED) is 0.607. The van der Waals surface area contributed by atoms with Crippen molar-refractivity contribution in [3.8, 4) is 0 Å². The van der Waals surface area contributed by atoms with Crippen LogP contribution in [0.5, 0.6) is 0 Å². The maximum absolute atomic E-state index is 12.9. The fraction of sp³-hybridized carbons (Fsp3) is 0.263. The molecule has 0 amide bonds. The second-order valence-electron chi connectivity index (χ2n) is 5.69. The summed E-state index contributed by atoms with van der Waals surface area (Å²) < 4.78 is 44.1. The Morgan fingerprint density at radius 3 is 2.08 bits per heavy atom. The van der Waals surface area contributed by atoms with E-state index in [1.54, 1.807) is 54.6 Å². The predicted molar refractivity (Wildman–Crippen MR) is 93.8 cm³/mol. The van der Waals surface area contributed by atoms with Crippen LogP contribution in [-0.4, -0.2) is 25.0 Å². The number of ether oxygens (including phenoxy) is 1. The first-order chi connectivity index (χ1) is 12.2. The minimum Gasteiger partial charge on any atom is -0.469 e. The molecule has 2 aromatic carbocycles. The second kappa shape index (κ2) is 8.49. The van der Waals surface area contributed by atoms with Gasteiger partial charge in [0.1, 0.15) is 0 Å². The van der Waals surface area contributed by atoms with Gasteiger partial charge in [0.05, 0.1) is 13.0 Å². The fourth-order valence-corrected chi connectivity index (χ4v) is 3.04. The molecule has 0 aliphatic carbocycles. The van der Waals surface area contributed by atoms with E-state index in [0.717, 1.165) is 4.47 Å². The number of rotatable bonds is 6. The van der Waals surface area contributed by atoms with Crippen LogP contribution < -0.4 is 0 Å². The van der Waals surface area contributed by atoms with E-state index >= 15 is 0 Å². The molecule has 0 N–H and O–H groups in total. The van der Waals surface area contributed by atoms with Gasteiger partial charge >= 0.3 is 12.1 Å². The number of halogens is 4. The number of carbonyl (C=O) groups is 2. The number of hydrogen-bond donors (Lipinski definition) is 0. The maximum atomic E-state index is 12.9. The molecule has 0 spiro atoms. The molecule has 0 fully saturated rings. The van der Waals surface area contributed by atoms with E-state index in [4.69, 9.17) is 4.74 Å². The van der Waals surface area contributed by atoms with Gasteiger partial charge in [0, 0.05) is 16.8 Å². The summed E-state index contributed by atoms with van der Waals surface area (Å²) in [4.78, 5) is 24.1. The fourth-order valence-electron chi connectivity index (χ4n) is 2.77. The van der Waals surface area contributed by atoms with Crippen LogP contribution in [-0.2, 0) is 14.3 Å². The lowest BCUT2D eigenvalue weighted by Gasteiger charge is -2.26. The van der Waals surface area contributed by atoms with Crippen molar-refractivity contribution in [2.24, 2.45) is 0 Å². The molecule has 0 heterocycles. The number of Topliss-reactive ketones (excluding diaryl/α,β-unsaturated/α-hetero) is 1. The van der Waals surface area contributed by atoms with Gasteiger partial charge in [-0.05, 0) is 23.3 Å². The summed E-state index contributed by atoms with van der Waals surface area (Å²) in [6.45, 7) is 0. The smallest absolute Gasteiger partial charge is 0.449 e. The largest absolute Gasteiger partial charge is 0.469 e. The Kier molecular flexibility index (Phi) is 6.58. The van der Waals surface area contributed by atoms with Gasteiger partial charge in [-0.2, -0.15) is 13.2 Å². The molecular formula is C19H16BrF3O3. The summed E-state index contributed by atoms with van der Waals surface area (Å²) >= 11 is 3.28. The summed E-state index contributed by atoms with van der Waals surface area (Å²) in [7, 11) is 1.17. The van der Waals surface area contributed by atoms with Crippen molar-refractivity contribution < 1.29 is 27.5 Å². The molecule has 0 bridgehead atoms. The number of esters is 1. The normalized spacial score (nSPS) is 13.7. The van der Waals surface area contributed by atoms with E-state index in [-0.39, 0.29) is 0 Å². The molecule has 2 aromatic rings. The second-order valence-corrected chi connectivity index (χ2v) is 6.61. The molecule has 0 saturated carbocycles. The molecule has 7 heteroatoms. The Hall–Kier alpha value is -2.15. The number of methoxy groups -OCH3 is 1. The van der Waals surface area contributed by atoms with Crippen LogP contribution in [0.3, 0.4) is 0 Å². The van der Waals surface area contributed by atoms with E-state index < -0.39 is 36.2 Å². The summed E-state index contributed by atoms with van der Waals surface area (Å²) in [6.07, 6.45) is -5.81. The number of carbonyl (C=O) groups excluding carboxylic acids is 2. The zero-order chi connectivity index (χ0) is 19.3. The molecule has 3 nitrogen and oxygen atoms in total. The zero-order valence-electron chi connectivity index (χ0n) is 13.8. The van der Waals surface area contributed by atoms with Gasteiger partial charge in [0.2, 0.25) is 5.78 Å². The summed E-state index contributed by atoms with van der Waals surface area (Å²) in [5, 5.41) is 0. The van der Waals surface area contributed by atoms with Crippen LogP contribution in [0.1, 0.15) is 29.4 Å². The topological polar surface area (TPSA) is 43.4 Å². The van der Waals surface area contributed by atoms with Gasteiger partial charge in [0.15, 0.2) is 0 Å². The zero-order valence-corrected chi connectivity index (χ0v) is 15.4. The first kappa shape index (κ1) is 20.2. The molecule has 26 heavy (non-hydrogen) atoms. The number of hydrogen-bond acceptors (Lipinski definition) is 3. The van der Waals surface area contributed by atoms with Crippen molar-refractivity contribution in [1.29, 1.82) is 0 Å². The van der Waals surface area contributed by atoms with Gasteiger partial charge in [-0.3, -0.25) is 9.59 Å². The van der Waals surface area contributed by atoms with E-state index in [1.807, 2.05) is 0 Å². The van der Waals surface area contributed by atoms with Gasteiger partial charge in [-0.25, -0.2) is 0 Å². The standard InChI is InChI=1S/C19H16BrF3O3/c1-26-18(25)17(13-7-9-14(20)10-8-13)15(11-16(24)19(21,22)23)12-5-3-2-4-6-12/h2-10,15,17H,11H2,1H3/t15-,17-/m0/s1. The SMILES string of the molecule is COC(=O)[C@@H](c1ccc(Br)cc1)[C@@H](CC(=O)C(F)(F)F)c1ccccc1. The van der Waals surface area contributed by atoms with Crippen molar-refractivity contribution in [2.45, 2.75) is 24.4 Å². The summed E-state index contributed by atoms with van der Waals surface area (Å²) in [5.41, 5.74) is 0.937. The minimum absolute atomic E-state index is 0.461. The molecule has 0 aliphatic heterocycles. The Bertz CT molecular complexity index is 758. The van der Waals surface area contributed by atoms with Crippen LogP contribution in [0.15, 0.2) is 59.1 Å². The van der Waals surface area contributed by atoms with Crippen LogP contribution in [0, 0.1) is 0 Å². The highest BCUT2D eigenvalue weighted by Gasteiger charge is 2.42. The average Bonchev–Trinajstić information content (AvgIpc) is 2.62. The maximum Gasteiger partial charge on any atom is 0.449 e. The van der Waals surface area contributed by atoms with E-state index in [9.17, 15) is 22.8 Å². The Labute approximate surface area is 157 Å². The summed E-state index contributed by atoms with van der Waals surface area (Å²) in [6, 6.07) is 14.8. The van der Waals surface area contributed by atoms with Crippen LogP contribution in [0.4, 0.5) is 13.2 Å². The highest BCUT2D eigenvalue weighted by molar-refractivity contribution is 9.10. The predicted octanol–water partition coefficient (Wildman–Crippen LogP) is 5.01. The average molecular weight is 429 g/mol. The van der Waals surface area contributed by atoms with Crippen LogP contribution >= 0.6 is 15.9 Å². The Balaban J connectivity index is 2.52. The molecule has 0 unspecified atom stereocenters. The molecule has 0 saturated heterocycles. The lowest BCUT2D eigenvalue weighted by atomic mass is 9.78. The highest BCUT2D eigenvalue weighted by Crippen LogP contribution is 2.39. The highest BCUT2D eigenvalue weighted by atomic mass is 79.9. The lowest BCUT2D eigenvalue weighted by molar-refractivity contribution is -0.171. The van der Waals surface area contributed by atoms with Gasteiger partial charge in [-0.15, -0.1) is 0 Å². The van der Waals surface area contributed by atoms with Gasteiger partial charge in [0.25, 0.3) is 0 Å². The monoisotopic (exact) mass is 428 g/mol. The molecular weight excluding hydrogens is 413 g/mol. The Morgan fingerprint density at radius 1 is 1.00 bits per heavy atom. The molecule has 0 radical (unpaired) electrons. The summed E-state index contributed by atoms with van der Waals surface area (Å²) in [5.74, 6) is -4.62. The van der Waals surface area contributed by atoms with E-state index in [0.29, 0.717) is 11.1 Å². The van der Waals surface area contributed by atoms with E-state index in [1.165, 1.54) is 7.11 Å². The van der Waals surface area contributed by atoms with Crippen molar-refractivity contribution in [3.63, 3.8) is 0 Å². The molecule has 2 atom stereocenters. The third kappa shape index (κ3) is 4.94. The van der Waals surface area contributed by atoms with Crippen molar-refractivity contribution in [2.75, 3.05) is 7.11 Å². The molecule has 2 rings (SSSR count). The number of alkyl halides is 3. The van der Waals surface area contributed by atoms with Gasteiger partial charge in [-0.1, -0.05) is 58.4 Å². The molecule has 138 valence electrons. The molecule has 0 aliphatic rings. The number of ketones is 1. The van der Waals surface area contributed by atoms with Crippen LogP contribution in [0.25, 0.3) is 0 Å². The number of benzene rings is 2. The van der Waals surface area contributed by atoms with E-state index in [2.05, 4.69) is 15.9 Å². The third-order valence-electron chi connectivity index (χ3n) is 4.04. The first-order valence-corrected chi connectivity index (χ1v) is 8.51. The van der Waals surface area contributed by atoms with Crippen LogP contribution in [0.2, 0.25) is 0 Å². The minimum atomic E-state index is -4.96. The van der Waals surface area contributed by atoms with Crippen molar-refractivity contribution in [3.05, 3.63) is 70.2 Å². The first-order valence-electron chi connectivity index (χ1n) is 7.72. The lowest BCUT2D eigenvalue weighted by Crippen LogP contribution is -2.29. The van der Waals surface area contributed by atoms with Crippen molar-refractivity contribution >= 4 is 27.7 Å². The third-order valence-corrected chi connectivity index (χ3v) is 4.56. The molecule has 0 aromatic heterocycles. The van der Waals surface area contributed by atoms with Gasteiger partial charge < -0.3 is 4.74 Å². The van der Waals surface area contributed by atoms with Crippen molar-refractivity contribution in [1.82, 2.24) is 0 Å². The Morgan fingerprint density at radius 2 is 1.58 bits per heavy atom.